The van der Waals surface area contributed by atoms with E-state index in [0.717, 1.165) is 0 Å². The highest BCUT2D eigenvalue weighted by molar-refractivity contribution is 7.89. The number of benzene rings is 2. The molecule has 0 unspecified atom stereocenters. The molecular formula is C18H20ClFN2O4S. The Balaban J connectivity index is 2.06. The predicted octanol–water partition coefficient (Wildman–Crippen LogP) is 3.53. The van der Waals surface area contributed by atoms with E-state index in [-0.39, 0.29) is 21.4 Å². The number of carbonyl (C=O) groups is 1. The second-order valence-electron chi connectivity index (χ2n) is 5.50. The summed E-state index contributed by atoms with van der Waals surface area (Å²) in [6.07, 6.45) is 0. The number of hydrogen-bond acceptors (Lipinski definition) is 4. The average Bonchev–Trinajstić information content (AvgIpc) is 2.63. The topological polar surface area (TPSA) is 75.7 Å². The maximum absolute atomic E-state index is 13.5. The zero-order valence-electron chi connectivity index (χ0n) is 14.9. The first-order chi connectivity index (χ1) is 12.8. The molecular weight excluding hydrogens is 395 g/mol. The average molecular weight is 415 g/mol. The Hall–Kier alpha value is -2.16. The number of halogens is 2. The van der Waals surface area contributed by atoms with Crippen LogP contribution in [0.5, 0.6) is 5.75 Å². The molecule has 0 radical (unpaired) electrons. The molecule has 0 heterocycles. The van der Waals surface area contributed by atoms with Crippen molar-refractivity contribution in [2.24, 2.45) is 0 Å². The number of amides is 1. The minimum atomic E-state index is -3.64. The molecule has 2 rings (SSSR count). The van der Waals surface area contributed by atoms with Gasteiger partial charge >= 0.3 is 0 Å². The van der Waals surface area contributed by atoms with E-state index in [2.05, 4.69) is 5.32 Å². The van der Waals surface area contributed by atoms with Crippen LogP contribution in [0.4, 0.5) is 10.1 Å². The highest BCUT2D eigenvalue weighted by Gasteiger charge is 2.22. The Morgan fingerprint density at radius 3 is 2.44 bits per heavy atom. The molecule has 0 fully saturated rings. The monoisotopic (exact) mass is 414 g/mol. The van der Waals surface area contributed by atoms with Crippen molar-refractivity contribution in [3.63, 3.8) is 0 Å². The lowest BCUT2D eigenvalue weighted by Gasteiger charge is -2.19. The molecule has 0 saturated carbocycles. The van der Waals surface area contributed by atoms with Crippen LogP contribution in [-0.4, -0.2) is 38.3 Å². The van der Waals surface area contributed by atoms with E-state index in [1.807, 2.05) is 0 Å². The summed E-state index contributed by atoms with van der Waals surface area (Å²) < 4.78 is 45.1. The quantitative estimate of drug-likeness (QED) is 0.717. The van der Waals surface area contributed by atoms with Gasteiger partial charge < -0.3 is 10.1 Å². The fraction of sp³-hybridized carbons (Fsp3) is 0.278. The van der Waals surface area contributed by atoms with Gasteiger partial charge in [0.1, 0.15) is 11.6 Å². The predicted molar refractivity (Wildman–Crippen MR) is 102 cm³/mol. The van der Waals surface area contributed by atoms with Crippen molar-refractivity contribution in [3.05, 3.63) is 53.3 Å². The van der Waals surface area contributed by atoms with Crippen LogP contribution in [0.25, 0.3) is 0 Å². The van der Waals surface area contributed by atoms with Gasteiger partial charge in [-0.15, -0.1) is 0 Å². The molecule has 2 aromatic rings. The van der Waals surface area contributed by atoms with Gasteiger partial charge in [-0.1, -0.05) is 37.6 Å². The summed E-state index contributed by atoms with van der Waals surface area (Å²) in [6.45, 7) is 3.76. The standard InChI is InChI=1S/C18H20ClFN2O4S/c1-3-22(4-2)27(24,25)13-9-10-17(14(19)11-13)26-12-18(23)21-16-8-6-5-7-15(16)20/h5-11H,3-4,12H2,1-2H3,(H,21,23). The minimum Gasteiger partial charge on any atom is -0.482 e. The highest BCUT2D eigenvalue weighted by Crippen LogP contribution is 2.28. The summed E-state index contributed by atoms with van der Waals surface area (Å²) in [5.74, 6) is -0.982. The molecule has 0 aliphatic heterocycles. The largest absolute Gasteiger partial charge is 0.482 e. The number of carbonyl (C=O) groups excluding carboxylic acids is 1. The Kier molecular flexibility index (Phi) is 7.18. The molecule has 1 amide bonds. The Morgan fingerprint density at radius 2 is 1.85 bits per heavy atom. The van der Waals surface area contributed by atoms with Crippen molar-refractivity contribution in [3.8, 4) is 5.75 Å². The van der Waals surface area contributed by atoms with Gasteiger partial charge in [-0.05, 0) is 30.3 Å². The van der Waals surface area contributed by atoms with E-state index in [0.29, 0.717) is 13.1 Å². The number of nitrogens with zero attached hydrogens (tertiary/aromatic N) is 1. The van der Waals surface area contributed by atoms with Gasteiger partial charge in [0, 0.05) is 13.1 Å². The van der Waals surface area contributed by atoms with E-state index >= 15 is 0 Å². The Morgan fingerprint density at radius 1 is 1.19 bits per heavy atom. The molecule has 9 heteroatoms. The van der Waals surface area contributed by atoms with Crippen molar-refractivity contribution in [1.29, 1.82) is 0 Å². The first-order valence-corrected chi connectivity index (χ1v) is 10.1. The van der Waals surface area contributed by atoms with Crippen LogP contribution in [0.2, 0.25) is 5.02 Å². The normalized spacial score (nSPS) is 11.4. The zero-order chi connectivity index (χ0) is 20.0. The van der Waals surface area contributed by atoms with Gasteiger partial charge in [-0.25, -0.2) is 12.8 Å². The summed E-state index contributed by atoms with van der Waals surface area (Å²) in [6, 6.07) is 9.77. The number of sulfonamides is 1. The SMILES string of the molecule is CCN(CC)S(=O)(=O)c1ccc(OCC(=O)Nc2ccccc2F)c(Cl)c1. The lowest BCUT2D eigenvalue weighted by Crippen LogP contribution is -2.30. The maximum atomic E-state index is 13.5. The van der Waals surface area contributed by atoms with Gasteiger partial charge in [-0.3, -0.25) is 4.79 Å². The number of hydrogen-bond donors (Lipinski definition) is 1. The van der Waals surface area contributed by atoms with Crippen LogP contribution in [-0.2, 0) is 14.8 Å². The summed E-state index contributed by atoms with van der Waals surface area (Å²) in [4.78, 5) is 11.9. The molecule has 0 bridgehead atoms. The van der Waals surface area contributed by atoms with Gasteiger partial charge in [-0.2, -0.15) is 4.31 Å². The van der Waals surface area contributed by atoms with E-state index in [4.69, 9.17) is 16.3 Å². The molecule has 0 aliphatic rings. The van der Waals surface area contributed by atoms with Crippen molar-refractivity contribution < 1.29 is 22.3 Å². The summed E-state index contributed by atoms with van der Waals surface area (Å²) in [7, 11) is -3.64. The Bertz CT molecular complexity index is 917. The van der Waals surface area contributed by atoms with Gasteiger partial charge in [0.05, 0.1) is 15.6 Å². The van der Waals surface area contributed by atoms with Crippen molar-refractivity contribution in [1.82, 2.24) is 4.31 Å². The number of nitrogens with one attached hydrogen (secondary N) is 1. The molecule has 146 valence electrons. The third-order valence-electron chi connectivity index (χ3n) is 3.75. The number of ether oxygens (including phenoxy) is 1. The third-order valence-corrected chi connectivity index (χ3v) is 6.09. The fourth-order valence-electron chi connectivity index (χ4n) is 2.36. The van der Waals surface area contributed by atoms with Crippen molar-refractivity contribution in [2.45, 2.75) is 18.7 Å². The van der Waals surface area contributed by atoms with Gasteiger partial charge in [0.2, 0.25) is 10.0 Å². The van der Waals surface area contributed by atoms with Crippen LogP contribution in [0.15, 0.2) is 47.4 Å². The molecule has 0 saturated heterocycles. The lowest BCUT2D eigenvalue weighted by molar-refractivity contribution is -0.118. The first-order valence-electron chi connectivity index (χ1n) is 8.26. The molecule has 1 N–H and O–H groups in total. The lowest BCUT2D eigenvalue weighted by atomic mass is 10.3. The van der Waals surface area contributed by atoms with Crippen LogP contribution < -0.4 is 10.1 Å². The molecule has 0 aromatic heterocycles. The third kappa shape index (κ3) is 5.18. The van der Waals surface area contributed by atoms with E-state index in [1.165, 1.54) is 40.7 Å². The second-order valence-corrected chi connectivity index (χ2v) is 7.84. The van der Waals surface area contributed by atoms with Crippen LogP contribution in [0, 0.1) is 5.82 Å². The number of anilines is 1. The van der Waals surface area contributed by atoms with E-state index in [9.17, 15) is 17.6 Å². The molecule has 0 aliphatic carbocycles. The minimum absolute atomic E-state index is 0.0397. The molecule has 6 nitrogen and oxygen atoms in total. The number of para-hydroxylation sites is 1. The number of rotatable bonds is 8. The van der Waals surface area contributed by atoms with Crippen molar-refractivity contribution in [2.75, 3.05) is 25.0 Å². The van der Waals surface area contributed by atoms with Crippen molar-refractivity contribution >= 4 is 33.2 Å². The first kappa shape index (κ1) is 21.1. The Labute approximate surface area is 162 Å². The molecule has 0 spiro atoms. The van der Waals surface area contributed by atoms with Crippen LogP contribution >= 0.6 is 11.6 Å². The van der Waals surface area contributed by atoms with Crippen LogP contribution in [0.3, 0.4) is 0 Å². The second kappa shape index (κ2) is 9.16. The molecule has 27 heavy (non-hydrogen) atoms. The highest BCUT2D eigenvalue weighted by atomic mass is 35.5. The zero-order valence-corrected chi connectivity index (χ0v) is 16.5. The summed E-state index contributed by atoms with van der Waals surface area (Å²) in [5.41, 5.74) is 0.0397. The van der Waals surface area contributed by atoms with E-state index < -0.39 is 28.4 Å². The molecule has 2 aromatic carbocycles. The summed E-state index contributed by atoms with van der Waals surface area (Å²) in [5, 5.41) is 2.44. The van der Waals surface area contributed by atoms with Crippen LogP contribution in [0.1, 0.15) is 13.8 Å². The van der Waals surface area contributed by atoms with Gasteiger partial charge in [0.25, 0.3) is 5.91 Å². The van der Waals surface area contributed by atoms with Gasteiger partial charge in [0.15, 0.2) is 6.61 Å². The maximum Gasteiger partial charge on any atom is 0.262 e. The molecule has 0 atom stereocenters. The smallest absolute Gasteiger partial charge is 0.262 e. The van der Waals surface area contributed by atoms with E-state index in [1.54, 1.807) is 19.9 Å². The summed E-state index contributed by atoms with van der Waals surface area (Å²) >= 11 is 6.10. The fourth-order valence-corrected chi connectivity index (χ4v) is 4.15.